The highest BCUT2D eigenvalue weighted by Crippen LogP contribution is 2.38. The smallest absolute Gasteiger partial charge is 0.337 e. The van der Waals surface area contributed by atoms with E-state index >= 15 is 0 Å². The number of halogens is 2. The van der Waals surface area contributed by atoms with Crippen molar-refractivity contribution in [3.8, 4) is 23.8 Å². The molecule has 1 fully saturated rings. The maximum absolute atomic E-state index is 12.4. The van der Waals surface area contributed by atoms with Gasteiger partial charge in [0.05, 0.1) is 32.8 Å². The number of carbonyl (C=O) groups is 2. The summed E-state index contributed by atoms with van der Waals surface area (Å²) in [5.74, 6) is 1.58. The molecule has 1 aliphatic rings. The Labute approximate surface area is 198 Å². The van der Waals surface area contributed by atoms with Crippen molar-refractivity contribution in [1.29, 1.82) is 0 Å². The largest absolute Gasteiger partial charge is 0.490 e. The van der Waals surface area contributed by atoms with Crippen LogP contribution in [0.25, 0.3) is 6.08 Å². The molecule has 2 N–H and O–H groups in total. The Kier molecular flexibility index (Phi) is 7.70. The van der Waals surface area contributed by atoms with Crippen LogP contribution in [0.2, 0.25) is 10.0 Å². The lowest BCUT2D eigenvalue weighted by Crippen LogP contribution is -2.19. The summed E-state index contributed by atoms with van der Waals surface area (Å²) in [5.41, 5.74) is 0.876. The third-order valence-corrected chi connectivity index (χ3v) is 5.51. The highest BCUT2D eigenvalue weighted by molar-refractivity contribution is 8.18. The maximum atomic E-state index is 12.4. The molecule has 10 heteroatoms. The molecule has 2 aromatic carbocycles. The number of benzene rings is 2. The van der Waals surface area contributed by atoms with Crippen molar-refractivity contribution in [2.24, 2.45) is 4.99 Å². The number of aromatic carboxylic acids is 1. The van der Waals surface area contributed by atoms with Gasteiger partial charge in [-0.1, -0.05) is 29.1 Å². The second kappa shape index (κ2) is 10.5. The number of ether oxygens (including phenoxy) is 2. The molecule has 1 heterocycles. The Bertz CT molecular complexity index is 1190. The topological polar surface area (TPSA) is 97.2 Å². The van der Waals surface area contributed by atoms with Crippen LogP contribution >= 0.6 is 35.0 Å². The van der Waals surface area contributed by atoms with Crippen LogP contribution < -0.4 is 14.8 Å². The highest BCUT2D eigenvalue weighted by atomic mass is 35.5. The number of terminal acetylenes is 1. The molecular weight excluding hydrogens is 475 g/mol. The van der Waals surface area contributed by atoms with Gasteiger partial charge in [-0.2, -0.15) is 0 Å². The van der Waals surface area contributed by atoms with E-state index < -0.39 is 5.97 Å². The molecule has 32 heavy (non-hydrogen) atoms. The molecule has 0 aliphatic carbocycles. The van der Waals surface area contributed by atoms with Gasteiger partial charge in [-0.05, 0) is 60.7 Å². The lowest BCUT2D eigenvalue weighted by Gasteiger charge is -2.13. The van der Waals surface area contributed by atoms with E-state index in [1.807, 2.05) is 6.92 Å². The van der Waals surface area contributed by atoms with Gasteiger partial charge >= 0.3 is 5.97 Å². The van der Waals surface area contributed by atoms with Crippen LogP contribution in [0, 0.1) is 12.3 Å². The zero-order valence-corrected chi connectivity index (χ0v) is 19.0. The SMILES string of the molecule is C#CCOc1c(Cl)cc(/C=C2/SC(=Nc3ccc(Cl)c(C(=O)O)c3)NC2=O)cc1OCC. The Hall–Kier alpha value is -3.12. The monoisotopic (exact) mass is 490 g/mol. The zero-order valence-electron chi connectivity index (χ0n) is 16.6. The van der Waals surface area contributed by atoms with Gasteiger partial charge in [-0.15, -0.1) is 6.42 Å². The van der Waals surface area contributed by atoms with Crippen molar-refractivity contribution in [3.63, 3.8) is 0 Å². The fourth-order valence-electron chi connectivity index (χ4n) is 2.68. The first-order chi connectivity index (χ1) is 15.3. The molecule has 2 aromatic rings. The first kappa shape index (κ1) is 23.5. The van der Waals surface area contributed by atoms with Crippen molar-refractivity contribution in [2.75, 3.05) is 13.2 Å². The molecule has 0 atom stereocenters. The van der Waals surface area contributed by atoms with E-state index in [0.717, 1.165) is 11.8 Å². The number of hydrogen-bond donors (Lipinski definition) is 2. The molecule has 0 spiro atoms. The number of carboxylic acid groups (broad SMARTS) is 1. The molecule has 0 bridgehead atoms. The molecule has 1 amide bonds. The summed E-state index contributed by atoms with van der Waals surface area (Å²) in [6.07, 6.45) is 6.87. The van der Waals surface area contributed by atoms with E-state index in [2.05, 4.69) is 16.2 Å². The summed E-state index contributed by atoms with van der Waals surface area (Å²) in [6.45, 7) is 2.24. The summed E-state index contributed by atoms with van der Waals surface area (Å²) in [7, 11) is 0. The second-order valence-electron chi connectivity index (χ2n) is 6.21. The van der Waals surface area contributed by atoms with Gasteiger partial charge in [0, 0.05) is 0 Å². The number of carboxylic acids is 1. The van der Waals surface area contributed by atoms with Crippen LogP contribution in [0.3, 0.4) is 0 Å². The van der Waals surface area contributed by atoms with Crippen molar-refractivity contribution >= 4 is 63.8 Å². The second-order valence-corrected chi connectivity index (χ2v) is 8.05. The Morgan fingerprint density at radius 1 is 1.28 bits per heavy atom. The molecule has 0 unspecified atom stereocenters. The minimum Gasteiger partial charge on any atom is -0.490 e. The third-order valence-electron chi connectivity index (χ3n) is 3.99. The lowest BCUT2D eigenvalue weighted by molar-refractivity contribution is -0.115. The summed E-state index contributed by atoms with van der Waals surface area (Å²) in [6, 6.07) is 7.64. The van der Waals surface area contributed by atoms with Gasteiger partial charge in [-0.25, -0.2) is 9.79 Å². The maximum Gasteiger partial charge on any atom is 0.337 e. The molecule has 3 rings (SSSR count). The van der Waals surface area contributed by atoms with E-state index in [0.29, 0.717) is 39.4 Å². The van der Waals surface area contributed by atoms with Crippen LogP contribution in [0.1, 0.15) is 22.8 Å². The fourth-order valence-corrected chi connectivity index (χ4v) is 4.00. The van der Waals surface area contributed by atoms with E-state index in [-0.39, 0.29) is 28.1 Å². The average molecular weight is 491 g/mol. The molecule has 0 radical (unpaired) electrons. The first-order valence-electron chi connectivity index (χ1n) is 9.17. The van der Waals surface area contributed by atoms with E-state index in [1.165, 1.54) is 12.1 Å². The summed E-state index contributed by atoms with van der Waals surface area (Å²) >= 11 is 13.3. The van der Waals surface area contributed by atoms with Gasteiger partial charge < -0.3 is 19.9 Å². The normalized spacial score (nSPS) is 15.5. The quantitative estimate of drug-likeness (QED) is 0.418. The molecular formula is C22H16Cl2N2O5S. The Balaban J connectivity index is 1.88. The van der Waals surface area contributed by atoms with E-state index in [1.54, 1.807) is 24.3 Å². The van der Waals surface area contributed by atoms with Crippen LogP contribution in [0.4, 0.5) is 5.69 Å². The molecule has 1 saturated heterocycles. The molecule has 164 valence electrons. The third kappa shape index (κ3) is 5.56. The summed E-state index contributed by atoms with van der Waals surface area (Å²) in [4.78, 5) is 28.3. The van der Waals surface area contributed by atoms with Gasteiger partial charge in [0.1, 0.15) is 6.61 Å². The number of hydrogen-bond acceptors (Lipinski definition) is 6. The molecule has 1 aliphatic heterocycles. The zero-order chi connectivity index (χ0) is 23.3. The van der Waals surface area contributed by atoms with Crippen LogP contribution in [-0.4, -0.2) is 35.4 Å². The Morgan fingerprint density at radius 3 is 2.75 bits per heavy atom. The average Bonchev–Trinajstić information content (AvgIpc) is 3.07. The van der Waals surface area contributed by atoms with E-state index in [4.69, 9.17) is 39.1 Å². The molecule has 7 nitrogen and oxygen atoms in total. The number of amides is 1. The van der Waals surface area contributed by atoms with Crippen molar-refractivity contribution in [2.45, 2.75) is 6.92 Å². The van der Waals surface area contributed by atoms with Crippen LogP contribution in [0.15, 0.2) is 40.2 Å². The van der Waals surface area contributed by atoms with Gasteiger partial charge in [-0.3, -0.25) is 4.79 Å². The highest BCUT2D eigenvalue weighted by Gasteiger charge is 2.24. The molecule has 0 saturated carbocycles. The summed E-state index contributed by atoms with van der Waals surface area (Å²) < 4.78 is 11.1. The van der Waals surface area contributed by atoms with Crippen molar-refractivity contribution in [1.82, 2.24) is 5.32 Å². The number of aliphatic imine (C=N–C) groups is 1. The van der Waals surface area contributed by atoms with Crippen molar-refractivity contribution in [3.05, 3.63) is 56.4 Å². The number of thioether (sulfide) groups is 1. The van der Waals surface area contributed by atoms with Gasteiger partial charge in [0.2, 0.25) is 0 Å². The predicted octanol–water partition coefficient (Wildman–Crippen LogP) is 4.99. The van der Waals surface area contributed by atoms with Gasteiger partial charge in [0.25, 0.3) is 5.91 Å². The number of rotatable bonds is 7. The predicted molar refractivity (Wildman–Crippen MR) is 126 cm³/mol. The van der Waals surface area contributed by atoms with Crippen LogP contribution in [-0.2, 0) is 4.79 Å². The van der Waals surface area contributed by atoms with Gasteiger partial charge in [0.15, 0.2) is 16.7 Å². The first-order valence-corrected chi connectivity index (χ1v) is 10.7. The standard InChI is InChI=1S/C22H16Cl2N2O5S/c1-3-7-31-19-16(24)8-12(9-17(19)30-4-2)10-18-20(27)26-22(32-18)25-13-5-6-15(23)14(11-13)21(28)29/h1,5-6,8-11H,4,7H2,2H3,(H,28,29)(H,25,26,27)/b18-10+. The number of nitrogens with zero attached hydrogens (tertiary/aromatic N) is 1. The minimum atomic E-state index is -1.17. The Morgan fingerprint density at radius 2 is 2.06 bits per heavy atom. The van der Waals surface area contributed by atoms with Crippen molar-refractivity contribution < 1.29 is 24.2 Å². The fraction of sp³-hybridized carbons (Fsp3) is 0.136. The van der Waals surface area contributed by atoms with Crippen LogP contribution in [0.5, 0.6) is 11.5 Å². The number of carbonyl (C=O) groups excluding carboxylic acids is 1. The number of nitrogens with one attached hydrogen (secondary N) is 1. The summed E-state index contributed by atoms with van der Waals surface area (Å²) in [5, 5.41) is 12.5. The minimum absolute atomic E-state index is 0.0343. The number of amidine groups is 1. The lowest BCUT2D eigenvalue weighted by atomic mass is 10.2. The molecule has 0 aromatic heterocycles. The van der Waals surface area contributed by atoms with E-state index in [9.17, 15) is 14.7 Å².